The molecule has 160 valence electrons. The molecule has 0 bridgehead atoms. The fourth-order valence-electron chi connectivity index (χ4n) is 4.34. The summed E-state index contributed by atoms with van der Waals surface area (Å²) in [5, 5.41) is 3.18. The van der Waals surface area contributed by atoms with Crippen LogP contribution in [0.2, 0.25) is 0 Å². The van der Waals surface area contributed by atoms with Crippen molar-refractivity contribution in [3.8, 4) is 0 Å². The first kappa shape index (κ1) is 20.8. The van der Waals surface area contributed by atoms with Gasteiger partial charge in [-0.15, -0.1) is 0 Å². The molecule has 2 aliphatic rings. The first-order valence-corrected chi connectivity index (χ1v) is 10.9. The van der Waals surface area contributed by atoms with Gasteiger partial charge in [-0.3, -0.25) is 9.69 Å². The Labute approximate surface area is 178 Å². The zero-order chi connectivity index (χ0) is 20.9. The molecule has 2 saturated heterocycles. The molecule has 0 saturated carbocycles. The minimum atomic E-state index is -0.163. The van der Waals surface area contributed by atoms with Gasteiger partial charge in [0, 0.05) is 62.1 Å². The van der Waals surface area contributed by atoms with E-state index in [2.05, 4.69) is 27.1 Å². The van der Waals surface area contributed by atoms with Crippen molar-refractivity contribution in [2.75, 3.05) is 51.2 Å². The number of hydrogen-bond donors (Lipinski definition) is 1. The molecule has 5 nitrogen and oxygen atoms in total. The quantitative estimate of drug-likeness (QED) is 0.823. The SMILES string of the molecule is CN1CCN(c2ccc(C(=O)N[C@@H]3CCCN(Cc4ccccc4F)C3)cc2)CC1. The van der Waals surface area contributed by atoms with Crippen molar-refractivity contribution in [2.24, 2.45) is 0 Å². The Balaban J connectivity index is 1.31. The van der Waals surface area contributed by atoms with Gasteiger partial charge in [-0.2, -0.15) is 0 Å². The average Bonchev–Trinajstić information content (AvgIpc) is 2.76. The van der Waals surface area contributed by atoms with Gasteiger partial charge in [0.1, 0.15) is 5.82 Å². The number of nitrogens with one attached hydrogen (secondary N) is 1. The van der Waals surface area contributed by atoms with Gasteiger partial charge < -0.3 is 15.1 Å². The number of nitrogens with zero attached hydrogens (tertiary/aromatic N) is 3. The number of anilines is 1. The van der Waals surface area contributed by atoms with Gasteiger partial charge in [-0.05, 0) is 56.8 Å². The van der Waals surface area contributed by atoms with Crippen molar-refractivity contribution in [3.05, 3.63) is 65.5 Å². The van der Waals surface area contributed by atoms with Gasteiger partial charge >= 0.3 is 0 Å². The molecule has 2 heterocycles. The topological polar surface area (TPSA) is 38.8 Å². The molecule has 4 rings (SSSR count). The number of likely N-dealkylation sites (N-methyl/N-ethyl adjacent to an activating group) is 1. The number of carbonyl (C=O) groups excluding carboxylic acids is 1. The van der Waals surface area contributed by atoms with Crippen molar-refractivity contribution < 1.29 is 9.18 Å². The normalized spacial score (nSPS) is 20.9. The van der Waals surface area contributed by atoms with Crippen LogP contribution >= 0.6 is 0 Å². The van der Waals surface area contributed by atoms with Gasteiger partial charge in [0.05, 0.1) is 0 Å². The lowest BCUT2D eigenvalue weighted by Crippen LogP contribution is -2.47. The fourth-order valence-corrected chi connectivity index (χ4v) is 4.34. The lowest BCUT2D eigenvalue weighted by molar-refractivity contribution is 0.0900. The van der Waals surface area contributed by atoms with E-state index in [1.165, 1.54) is 11.8 Å². The van der Waals surface area contributed by atoms with Gasteiger partial charge in [0.15, 0.2) is 0 Å². The molecule has 1 amide bonds. The number of hydrogen-bond acceptors (Lipinski definition) is 4. The minimum absolute atomic E-state index is 0.0299. The van der Waals surface area contributed by atoms with Crippen molar-refractivity contribution >= 4 is 11.6 Å². The van der Waals surface area contributed by atoms with E-state index in [-0.39, 0.29) is 17.8 Å². The first-order chi connectivity index (χ1) is 14.6. The minimum Gasteiger partial charge on any atom is -0.369 e. The maximum atomic E-state index is 14.0. The molecular weight excluding hydrogens is 379 g/mol. The van der Waals surface area contributed by atoms with Crippen molar-refractivity contribution in [1.82, 2.24) is 15.1 Å². The summed E-state index contributed by atoms with van der Waals surface area (Å²) in [5.74, 6) is -0.193. The molecule has 2 aliphatic heterocycles. The predicted octanol–water partition coefficient (Wildman–Crippen LogP) is 2.97. The van der Waals surface area contributed by atoms with Crippen LogP contribution in [0.5, 0.6) is 0 Å². The van der Waals surface area contributed by atoms with E-state index in [0.29, 0.717) is 17.7 Å². The summed E-state index contributed by atoms with van der Waals surface area (Å²) in [6, 6.07) is 14.9. The standard InChI is InChI=1S/C24H31FN4O/c1-27-13-15-29(16-14-27)22-10-8-19(9-11-22)24(30)26-21-6-4-12-28(18-21)17-20-5-2-3-7-23(20)25/h2-3,5,7-11,21H,4,6,12-18H2,1H3,(H,26,30)/t21-/m1/s1. The van der Waals surface area contributed by atoms with Crippen LogP contribution in [-0.2, 0) is 6.54 Å². The van der Waals surface area contributed by atoms with E-state index >= 15 is 0 Å². The molecule has 6 heteroatoms. The Kier molecular flexibility index (Phi) is 6.65. The number of halogens is 1. The summed E-state index contributed by atoms with van der Waals surface area (Å²) < 4.78 is 14.0. The highest BCUT2D eigenvalue weighted by Crippen LogP contribution is 2.19. The predicted molar refractivity (Wildman–Crippen MR) is 118 cm³/mol. The summed E-state index contributed by atoms with van der Waals surface area (Å²) in [7, 11) is 2.15. The second-order valence-corrected chi connectivity index (χ2v) is 8.48. The average molecular weight is 411 g/mol. The van der Waals surface area contributed by atoms with Crippen LogP contribution in [0.1, 0.15) is 28.8 Å². The Bertz CT molecular complexity index is 849. The number of carbonyl (C=O) groups is 1. The fraction of sp³-hybridized carbons (Fsp3) is 0.458. The molecule has 2 aromatic rings. The van der Waals surface area contributed by atoms with Gasteiger partial charge in [0.25, 0.3) is 5.91 Å². The largest absolute Gasteiger partial charge is 0.369 e. The molecule has 0 unspecified atom stereocenters. The maximum absolute atomic E-state index is 14.0. The number of piperidine rings is 1. The maximum Gasteiger partial charge on any atom is 0.251 e. The lowest BCUT2D eigenvalue weighted by atomic mass is 10.0. The Morgan fingerprint density at radius 1 is 1.03 bits per heavy atom. The van der Waals surface area contributed by atoms with Crippen LogP contribution in [0, 0.1) is 5.82 Å². The summed E-state index contributed by atoms with van der Waals surface area (Å²) in [4.78, 5) is 19.7. The van der Waals surface area contributed by atoms with E-state index in [0.717, 1.165) is 52.1 Å². The molecule has 0 aromatic heterocycles. The number of benzene rings is 2. The smallest absolute Gasteiger partial charge is 0.251 e. The highest BCUT2D eigenvalue weighted by molar-refractivity contribution is 5.94. The second-order valence-electron chi connectivity index (χ2n) is 8.48. The zero-order valence-corrected chi connectivity index (χ0v) is 17.7. The van der Waals surface area contributed by atoms with Crippen molar-refractivity contribution in [2.45, 2.75) is 25.4 Å². The Morgan fingerprint density at radius 2 is 1.77 bits per heavy atom. The van der Waals surface area contributed by atoms with Crippen LogP contribution < -0.4 is 10.2 Å². The number of piperazine rings is 1. The molecule has 0 aliphatic carbocycles. The van der Waals surface area contributed by atoms with E-state index in [4.69, 9.17) is 0 Å². The molecule has 1 atom stereocenters. The van der Waals surface area contributed by atoms with Crippen LogP contribution in [0.4, 0.5) is 10.1 Å². The monoisotopic (exact) mass is 410 g/mol. The number of rotatable bonds is 5. The van der Waals surface area contributed by atoms with Crippen LogP contribution in [0.3, 0.4) is 0 Å². The Morgan fingerprint density at radius 3 is 2.50 bits per heavy atom. The highest BCUT2D eigenvalue weighted by Gasteiger charge is 2.23. The summed E-state index contributed by atoms with van der Waals surface area (Å²) in [6.07, 6.45) is 1.96. The highest BCUT2D eigenvalue weighted by atomic mass is 19.1. The van der Waals surface area contributed by atoms with Crippen LogP contribution in [0.15, 0.2) is 48.5 Å². The molecule has 2 aromatic carbocycles. The van der Waals surface area contributed by atoms with Gasteiger partial charge in [0.2, 0.25) is 0 Å². The van der Waals surface area contributed by atoms with E-state index in [1.807, 2.05) is 36.4 Å². The van der Waals surface area contributed by atoms with Crippen LogP contribution in [-0.4, -0.2) is 68.1 Å². The van der Waals surface area contributed by atoms with Gasteiger partial charge in [-0.25, -0.2) is 4.39 Å². The third-order valence-corrected chi connectivity index (χ3v) is 6.19. The third kappa shape index (κ3) is 5.18. The first-order valence-electron chi connectivity index (χ1n) is 10.9. The van der Waals surface area contributed by atoms with E-state index < -0.39 is 0 Å². The van der Waals surface area contributed by atoms with Gasteiger partial charge in [-0.1, -0.05) is 18.2 Å². The van der Waals surface area contributed by atoms with Crippen molar-refractivity contribution in [3.63, 3.8) is 0 Å². The van der Waals surface area contributed by atoms with Crippen LogP contribution in [0.25, 0.3) is 0 Å². The van der Waals surface area contributed by atoms with E-state index in [1.54, 1.807) is 6.07 Å². The second kappa shape index (κ2) is 9.58. The third-order valence-electron chi connectivity index (χ3n) is 6.19. The lowest BCUT2D eigenvalue weighted by Gasteiger charge is -2.34. The number of likely N-dealkylation sites (tertiary alicyclic amines) is 1. The summed E-state index contributed by atoms with van der Waals surface area (Å²) in [5.41, 5.74) is 2.58. The van der Waals surface area contributed by atoms with Crippen molar-refractivity contribution in [1.29, 1.82) is 0 Å². The molecular formula is C24H31FN4O. The summed E-state index contributed by atoms with van der Waals surface area (Å²) in [6.45, 7) is 6.42. The molecule has 30 heavy (non-hydrogen) atoms. The molecule has 0 spiro atoms. The molecule has 2 fully saturated rings. The Hall–Kier alpha value is -2.44. The summed E-state index contributed by atoms with van der Waals surface area (Å²) >= 11 is 0. The zero-order valence-electron chi connectivity index (χ0n) is 17.7. The van der Waals surface area contributed by atoms with E-state index in [9.17, 15) is 9.18 Å². The molecule has 0 radical (unpaired) electrons. The molecule has 1 N–H and O–H groups in total. The number of amides is 1.